The molecule has 4 heteroatoms. The first kappa shape index (κ1) is 13.7. The third-order valence-corrected chi connectivity index (χ3v) is 3.61. The molecule has 1 heterocycles. The number of hydrogen-bond acceptors (Lipinski definition) is 4. The molecule has 1 aromatic carbocycles. The fourth-order valence-corrected chi connectivity index (χ4v) is 2.56. The smallest absolute Gasteiger partial charge is 0.142 e. The summed E-state index contributed by atoms with van der Waals surface area (Å²) in [6, 6.07) is 10.8. The minimum absolute atomic E-state index is 0.453. The van der Waals surface area contributed by atoms with Crippen LogP contribution in [0.25, 0.3) is 0 Å². The lowest BCUT2D eigenvalue weighted by molar-refractivity contribution is 0.288. The summed E-state index contributed by atoms with van der Waals surface area (Å²) in [6.45, 7) is 5.16. The number of nitriles is 1. The third kappa shape index (κ3) is 3.18. The van der Waals surface area contributed by atoms with Crippen LogP contribution in [0.2, 0.25) is 0 Å². The van der Waals surface area contributed by atoms with Gasteiger partial charge in [-0.3, -0.25) is 4.90 Å². The molecule has 0 aliphatic carbocycles. The first-order valence-corrected chi connectivity index (χ1v) is 6.80. The van der Waals surface area contributed by atoms with Gasteiger partial charge in [-0.1, -0.05) is 12.1 Å². The molecule has 1 aliphatic rings. The van der Waals surface area contributed by atoms with E-state index in [4.69, 9.17) is 10.00 Å². The molecule has 0 N–H and O–H groups in total. The van der Waals surface area contributed by atoms with Crippen LogP contribution in [-0.4, -0.2) is 44.2 Å². The molecule has 2 rings (SSSR count). The monoisotopic (exact) mass is 259 g/mol. The van der Waals surface area contributed by atoms with Gasteiger partial charge in [-0.2, -0.15) is 5.26 Å². The Balaban J connectivity index is 2.06. The first-order chi connectivity index (χ1) is 9.26. The van der Waals surface area contributed by atoms with Crippen molar-refractivity contribution >= 4 is 5.69 Å². The van der Waals surface area contributed by atoms with E-state index in [-0.39, 0.29) is 0 Å². The Kier molecular flexibility index (Phi) is 4.64. The second-order valence-corrected chi connectivity index (χ2v) is 4.86. The van der Waals surface area contributed by atoms with E-state index >= 15 is 0 Å². The van der Waals surface area contributed by atoms with Crippen molar-refractivity contribution in [3.63, 3.8) is 0 Å². The second-order valence-electron chi connectivity index (χ2n) is 4.86. The molecule has 1 fully saturated rings. The lowest BCUT2D eigenvalue weighted by atomic mass is 10.2. The molecular formula is C15H21N3O. The standard InChI is InChI=1S/C15H21N3O/c1-3-19-15-7-5-4-6-14(15)18-10-8-13(12-18)17(2)11-9-16/h4-7,13H,3,8,10-12H2,1-2H3. The Morgan fingerprint density at radius 2 is 2.26 bits per heavy atom. The summed E-state index contributed by atoms with van der Waals surface area (Å²) in [5.41, 5.74) is 1.16. The normalized spacial score (nSPS) is 18.6. The maximum Gasteiger partial charge on any atom is 0.142 e. The number of rotatable bonds is 5. The first-order valence-electron chi connectivity index (χ1n) is 6.80. The summed E-state index contributed by atoms with van der Waals surface area (Å²) in [6.07, 6.45) is 1.10. The fourth-order valence-electron chi connectivity index (χ4n) is 2.56. The number of nitrogens with zero attached hydrogens (tertiary/aromatic N) is 3. The molecule has 0 amide bonds. The summed E-state index contributed by atoms with van der Waals surface area (Å²) < 4.78 is 5.69. The van der Waals surface area contributed by atoms with Crippen LogP contribution < -0.4 is 9.64 Å². The highest BCUT2D eigenvalue weighted by atomic mass is 16.5. The largest absolute Gasteiger partial charge is 0.492 e. The van der Waals surface area contributed by atoms with Gasteiger partial charge in [0, 0.05) is 19.1 Å². The van der Waals surface area contributed by atoms with Crippen molar-refractivity contribution in [3.8, 4) is 11.8 Å². The van der Waals surface area contributed by atoms with E-state index < -0.39 is 0 Å². The molecular weight excluding hydrogens is 238 g/mol. The van der Waals surface area contributed by atoms with Gasteiger partial charge in [0.15, 0.2) is 0 Å². The van der Waals surface area contributed by atoms with E-state index in [2.05, 4.69) is 21.9 Å². The molecule has 1 aliphatic heterocycles. The average molecular weight is 259 g/mol. The van der Waals surface area contributed by atoms with Gasteiger partial charge < -0.3 is 9.64 Å². The van der Waals surface area contributed by atoms with Crippen molar-refractivity contribution in [2.24, 2.45) is 0 Å². The van der Waals surface area contributed by atoms with Gasteiger partial charge >= 0.3 is 0 Å². The van der Waals surface area contributed by atoms with Crippen LogP contribution >= 0.6 is 0 Å². The lowest BCUT2D eigenvalue weighted by Crippen LogP contribution is -2.34. The van der Waals surface area contributed by atoms with E-state index in [1.54, 1.807) is 0 Å². The topological polar surface area (TPSA) is 39.5 Å². The highest BCUT2D eigenvalue weighted by Gasteiger charge is 2.27. The summed E-state index contributed by atoms with van der Waals surface area (Å²) >= 11 is 0. The highest BCUT2D eigenvalue weighted by Crippen LogP contribution is 2.31. The zero-order valence-corrected chi connectivity index (χ0v) is 11.7. The van der Waals surface area contributed by atoms with Gasteiger partial charge in [-0.15, -0.1) is 0 Å². The zero-order valence-electron chi connectivity index (χ0n) is 11.7. The number of anilines is 1. The summed E-state index contributed by atoms with van der Waals surface area (Å²) in [7, 11) is 2.02. The zero-order chi connectivity index (χ0) is 13.7. The van der Waals surface area contributed by atoms with E-state index in [1.165, 1.54) is 0 Å². The molecule has 102 valence electrons. The van der Waals surface area contributed by atoms with Crippen molar-refractivity contribution < 1.29 is 4.74 Å². The molecule has 0 aromatic heterocycles. The quantitative estimate of drug-likeness (QED) is 0.759. The molecule has 0 bridgehead atoms. The molecule has 19 heavy (non-hydrogen) atoms. The van der Waals surface area contributed by atoms with Crippen LogP contribution in [0.4, 0.5) is 5.69 Å². The minimum Gasteiger partial charge on any atom is -0.492 e. The van der Waals surface area contributed by atoms with Crippen LogP contribution in [0.1, 0.15) is 13.3 Å². The van der Waals surface area contributed by atoms with Crippen LogP contribution in [-0.2, 0) is 0 Å². The average Bonchev–Trinajstić information content (AvgIpc) is 2.90. The minimum atomic E-state index is 0.453. The number of likely N-dealkylation sites (N-methyl/N-ethyl adjacent to an activating group) is 1. The molecule has 0 radical (unpaired) electrons. The van der Waals surface area contributed by atoms with Gasteiger partial charge in [0.25, 0.3) is 0 Å². The molecule has 1 saturated heterocycles. The Morgan fingerprint density at radius 3 is 3.00 bits per heavy atom. The Labute approximate surface area is 115 Å². The van der Waals surface area contributed by atoms with Crippen molar-refractivity contribution in [1.29, 1.82) is 5.26 Å². The van der Waals surface area contributed by atoms with Crippen LogP contribution in [0.15, 0.2) is 24.3 Å². The number of para-hydroxylation sites is 2. The molecule has 0 saturated carbocycles. The van der Waals surface area contributed by atoms with Crippen LogP contribution in [0.5, 0.6) is 5.75 Å². The predicted molar refractivity (Wildman–Crippen MR) is 76.5 cm³/mol. The van der Waals surface area contributed by atoms with Crippen molar-refractivity contribution in [2.75, 3.05) is 38.2 Å². The van der Waals surface area contributed by atoms with Gasteiger partial charge in [-0.25, -0.2) is 0 Å². The van der Waals surface area contributed by atoms with Crippen molar-refractivity contribution in [2.45, 2.75) is 19.4 Å². The van der Waals surface area contributed by atoms with E-state index in [1.807, 2.05) is 32.2 Å². The van der Waals surface area contributed by atoms with E-state index in [0.29, 0.717) is 19.2 Å². The van der Waals surface area contributed by atoms with E-state index in [0.717, 1.165) is 30.9 Å². The second kappa shape index (κ2) is 6.44. The third-order valence-electron chi connectivity index (χ3n) is 3.61. The molecule has 1 aromatic rings. The van der Waals surface area contributed by atoms with Gasteiger partial charge in [0.2, 0.25) is 0 Å². The van der Waals surface area contributed by atoms with E-state index in [9.17, 15) is 0 Å². The van der Waals surface area contributed by atoms with Crippen molar-refractivity contribution in [1.82, 2.24) is 4.90 Å². The lowest BCUT2D eigenvalue weighted by Gasteiger charge is -2.24. The molecule has 1 atom stereocenters. The number of benzene rings is 1. The Bertz CT molecular complexity index is 455. The Hall–Kier alpha value is -1.73. The predicted octanol–water partition coefficient (Wildman–Crippen LogP) is 2.12. The van der Waals surface area contributed by atoms with Gasteiger partial charge in [0.1, 0.15) is 5.75 Å². The molecule has 1 unspecified atom stereocenters. The van der Waals surface area contributed by atoms with Crippen LogP contribution in [0, 0.1) is 11.3 Å². The Morgan fingerprint density at radius 1 is 1.47 bits per heavy atom. The SMILES string of the molecule is CCOc1ccccc1N1CCC(N(C)CC#N)C1. The molecule has 0 spiro atoms. The fraction of sp³-hybridized carbons (Fsp3) is 0.533. The number of ether oxygens (including phenoxy) is 1. The van der Waals surface area contributed by atoms with Gasteiger partial charge in [-0.05, 0) is 32.5 Å². The van der Waals surface area contributed by atoms with Gasteiger partial charge in [0.05, 0.1) is 24.9 Å². The summed E-state index contributed by atoms with van der Waals surface area (Å²) in [5, 5.41) is 8.77. The maximum atomic E-state index is 8.77. The highest BCUT2D eigenvalue weighted by molar-refractivity contribution is 5.59. The summed E-state index contributed by atoms with van der Waals surface area (Å²) in [5.74, 6) is 0.952. The molecule has 4 nitrogen and oxygen atoms in total. The van der Waals surface area contributed by atoms with Crippen LogP contribution in [0.3, 0.4) is 0 Å². The maximum absolute atomic E-state index is 8.77. The van der Waals surface area contributed by atoms with Crippen molar-refractivity contribution in [3.05, 3.63) is 24.3 Å². The number of hydrogen-bond donors (Lipinski definition) is 0. The summed E-state index contributed by atoms with van der Waals surface area (Å²) in [4.78, 5) is 4.48.